The molecule has 1 aliphatic rings. The topological polar surface area (TPSA) is 72.0 Å². The number of pyridine rings is 1. The lowest BCUT2D eigenvalue weighted by molar-refractivity contribution is -0.274. The van der Waals surface area contributed by atoms with E-state index in [2.05, 4.69) is 9.72 Å². The van der Waals surface area contributed by atoms with Crippen LogP contribution in [-0.4, -0.2) is 64.7 Å². The second kappa shape index (κ2) is 9.99. The van der Waals surface area contributed by atoms with Gasteiger partial charge in [0, 0.05) is 31.5 Å². The monoisotopic (exact) mass is 451 g/mol. The van der Waals surface area contributed by atoms with E-state index >= 15 is 0 Å². The van der Waals surface area contributed by atoms with Crippen molar-refractivity contribution in [2.75, 3.05) is 19.6 Å². The van der Waals surface area contributed by atoms with E-state index in [4.69, 9.17) is 4.74 Å². The molecule has 1 aliphatic heterocycles. The number of alkyl halides is 3. The third-order valence-electron chi connectivity index (χ3n) is 4.93. The van der Waals surface area contributed by atoms with Gasteiger partial charge >= 0.3 is 6.36 Å². The molecule has 1 saturated heterocycles. The number of aromatic nitrogens is 1. The van der Waals surface area contributed by atoms with Crippen LogP contribution in [0.2, 0.25) is 0 Å². The first kappa shape index (κ1) is 23.5. The van der Waals surface area contributed by atoms with Crippen LogP contribution in [0.4, 0.5) is 13.2 Å². The molecule has 0 radical (unpaired) electrons. The maximum Gasteiger partial charge on any atom is 0.573 e. The zero-order valence-corrected chi connectivity index (χ0v) is 17.7. The standard InChI is InChI=1S/C22H24F3N3O4/c1-15(2)28-12-19(31-14-16-5-7-18(8-6-16)32-22(23,24)25)11-27(13-20(28)29)21(30)17-4-3-9-26-10-17/h3-10,15,19H,11-14H2,1-2H3/t19-/m1/s1. The summed E-state index contributed by atoms with van der Waals surface area (Å²) in [7, 11) is 0. The molecule has 0 N–H and O–H groups in total. The molecule has 1 atom stereocenters. The summed E-state index contributed by atoms with van der Waals surface area (Å²) in [6, 6.07) is 8.56. The predicted molar refractivity (Wildman–Crippen MR) is 109 cm³/mol. The number of benzene rings is 1. The Morgan fingerprint density at radius 1 is 1.19 bits per heavy atom. The molecular formula is C22H24F3N3O4. The van der Waals surface area contributed by atoms with Crippen LogP contribution in [0.25, 0.3) is 0 Å². The van der Waals surface area contributed by atoms with Crippen molar-refractivity contribution >= 4 is 11.8 Å². The van der Waals surface area contributed by atoms with E-state index in [9.17, 15) is 22.8 Å². The van der Waals surface area contributed by atoms with Crippen molar-refractivity contribution in [3.8, 4) is 5.75 Å². The smallest absolute Gasteiger partial charge is 0.406 e. The van der Waals surface area contributed by atoms with Gasteiger partial charge in [-0.25, -0.2) is 0 Å². The van der Waals surface area contributed by atoms with Gasteiger partial charge in [-0.1, -0.05) is 12.1 Å². The van der Waals surface area contributed by atoms with Crippen molar-refractivity contribution in [3.05, 3.63) is 59.9 Å². The number of hydrogen-bond acceptors (Lipinski definition) is 5. The van der Waals surface area contributed by atoms with Crippen molar-refractivity contribution in [2.24, 2.45) is 0 Å². The lowest BCUT2D eigenvalue weighted by atomic mass is 10.2. The fourth-order valence-corrected chi connectivity index (χ4v) is 3.38. The molecule has 3 rings (SSSR count). The Hall–Kier alpha value is -3.14. The molecular weight excluding hydrogens is 427 g/mol. The summed E-state index contributed by atoms with van der Waals surface area (Å²) in [6.45, 7) is 4.28. The predicted octanol–water partition coefficient (Wildman–Crippen LogP) is 3.26. The fraction of sp³-hybridized carbons (Fsp3) is 0.409. The minimum atomic E-state index is -4.75. The molecule has 0 spiro atoms. The summed E-state index contributed by atoms with van der Waals surface area (Å²) in [6.07, 6.45) is -2.23. The van der Waals surface area contributed by atoms with Gasteiger partial charge in [0.25, 0.3) is 5.91 Å². The van der Waals surface area contributed by atoms with Crippen molar-refractivity contribution in [2.45, 2.75) is 39.0 Å². The first-order valence-electron chi connectivity index (χ1n) is 10.1. The Bertz CT molecular complexity index is 920. The molecule has 2 aromatic rings. The van der Waals surface area contributed by atoms with Gasteiger partial charge in [0.15, 0.2) is 0 Å². The average Bonchev–Trinajstić information content (AvgIpc) is 2.91. The summed E-state index contributed by atoms with van der Waals surface area (Å²) in [5, 5.41) is 0. The normalized spacial score (nSPS) is 17.4. The first-order valence-corrected chi connectivity index (χ1v) is 10.1. The van der Waals surface area contributed by atoms with E-state index in [1.807, 2.05) is 13.8 Å². The highest BCUT2D eigenvalue weighted by atomic mass is 19.4. The molecule has 7 nitrogen and oxygen atoms in total. The van der Waals surface area contributed by atoms with Gasteiger partial charge in [-0.05, 0) is 43.7 Å². The largest absolute Gasteiger partial charge is 0.573 e. The number of hydrogen-bond donors (Lipinski definition) is 0. The van der Waals surface area contributed by atoms with E-state index in [0.717, 1.165) is 0 Å². The molecule has 2 amide bonds. The Balaban J connectivity index is 1.70. The lowest BCUT2D eigenvalue weighted by Crippen LogP contribution is -2.42. The molecule has 0 bridgehead atoms. The Kier molecular flexibility index (Phi) is 7.34. The number of ether oxygens (including phenoxy) is 2. The highest BCUT2D eigenvalue weighted by Crippen LogP contribution is 2.23. The highest BCUT2D eigenvalue weighted by Gasteiger charge is 2.33. The van der Waals surface area contributed by atoms with Gasteiger partial charge in [-0.15, -0.1) is 13.2 Å². The SMILES string of the molecule is CC(C)N1C[C@H](OCc2ccc(OC(F)(F)F)cc2)CN(C(=O)c2cccnc2)CC1=O. The van der Waals surface area contributed by atoms with Crippen molar-refractivity contribution in [1.82, 2.24) is 14.8 Å². The first-order chi connectivity index (χ1) is 15.1. The Morgan fingerprint density at radius 3 is 2.50 bits per heavy atom. The van der Waals surface area contributed by atoms with Gasteiger partial charge in [0.2, 0.25) is 5.91 Å². The molecule has 10 heteroatoms. The quantitative estimate of drug-likeness (QED) is 0.674. The second-order valence-corrected chi connectivity index (χ2v) is 7.69. The van der Waals surface area contributed by atoms with Crippen LogP contribution in [0.5, 0.6) is 5.75 Å². The molecule has 1 fully saturated rings. The maximum absolute atomic E-state index is 12.9. The molecule has 172 valence electrons. The number of carbonyl (C=O) groups is 2. The van der Waals surface area contributed by atoms with Gasteiger partial charge in [-0.3, -0.25) is 14.6 Å². The van der Waals surface area contributed by atoms with E-state index < -0.39 is 12.5 Å². The van der Waals surface area contributed by atoms with Crippen LogP contribution < -0.4 is 4.74 Å². The van der Waals surface area contributed by atoms with Crippen molar-refractivity contribution in [1.29, 1.82) is 0 Å². The summed E-state index contributed by atoms with van der Waals surface area (Å²) < 4.78 is 46.8. The molecule has 0 saturated carbocycles. The Labute approximate surface area is 183 Å². The summed E-state index contributed by atoms with van der Waals surface area (Å²) in [5.41, 5.74) is 1.01. The number of amides is 2. The van der Waals surface area contributed by atoms with Crippen LogP contribution in [0.15, 0.2) is 48.8 Å². The lowest BCUT2D eigenvalue weighted by Gasteiger charge is -2.27. The maximum atomic E-state index is 12.9. The minimum Gasteiger partial charge on any atom is -0.406 e. The van der Waals surface area contributed by atoms with Crippen LogP contribution in [0.1, 0.15) is 29.8 Å². The zero-order chi connectivity index (χ0) is 23.3. The highest BCUT2D eigenvalue weighted by molar-refractivity contribution is 5.96. The third-order valence-corrected chi connectivity index (χ3v) is 4.93. The molecule has 1 aromatic carbocycles. The molecule has 2 heterocycles. The number of nitrogens with zero attached hydrogens (tertiary/aromatic N) is 3. The summed E-state index contributed by atoms with van der Waals surface area (Å²) in [5.74, 6) is -0.822. The van der Waals surface area contributed by atoms with Crippen molar-refractivity contribution < 1.29 is 32.2 Å². The van der Waals surface area contributed by atoms with Gasteiger partial charge in [0.1, 0.15) is 12.3 Å². The summed E-state index contributed by atoms with van der Waals surface area (Å²) in [4.78, 5) is 32.7. The number of rotatable bonds is 6. The van der Waals surface area contributed by atoms with E-state index in [1.165, 1.54) is 35.4 Å². The second-order valence-electron chi connectivity index (χ2n) is 7.69. The van der Waals surface area contributed by atoms with E-state index in [0.29, 0.717) is 17.7 Å². The Morgan fingerprint density at radius 2 is 1.91 bits per heavy atom. The molecule has 1 aromatic heterocycles. The van der Waals surface area contributed by atoms with Crippen LogP contribution in [-0.2, 0) is 16.1 Å². The van der Waals surface area contributed by atoms with Crippen molar-refractivity contribution in [3.63, 3.8) is 0 Å². The third kappa shape index (κ3) is 6.43. The van der Waals surface area contributed by atoms with Crippen LogP contribution in [0, 0.1) is 0 Å². The van der Waals surface area contributed by atoms with Gasteiger partial charge in [0.05, 0.1) is 18.3 Å². The summed E-state index contributed by atoms with van der Waals surface area (Å²) >= 11 is 0. The molecule has 0 unspecified atom stereocenters. The molecule has 0 aliphatic carbocycles. The minimum absolute atomic E-state index is 0.0742. The van der Waals surface area contributed by atoms with E-state index in [-0.39, 0.29) is 43.3 Å². The number of carbonyl (C=O) groups excluding carboxylic acids is 2. The van der Waals surface area contributed by atoms with Gasteiger partial charge in [-0.2, -0.15) is 0 Å². The van der Waals surface area contributed by atoms with Gasteiger partial charge < -0.3 is 19.3 Å². The fourth-order valence-electron chi connectivity index (χ4n) is 3.38. The number of halogens is 3. The van der Waals surface area contributed by atoms with Crippen LogP contribution >= 0.6 is 0 Å². The average molecular weight is 451 g/mol. The molecule has 32 heavy (non-hydrogen) atoms. The van der Waals surface area contributed by atoms with E-state index in [1.54, 1.807) is 23.2 Å². The zero-order valence-electron chi connectivity index (χ0n) is 17.7. The van der Waals surface area contributed by atoms with Crippen LogP contribution in [0.3, 0.4) is 0 Å².